The van der Waals surface area contributed by atoms with Gasteiger partial charge in [-0.25, -0.2) is 0 Å². The van der Waals surface area contributed by atoms with Gasteiger partial charge in [0, 0.05) is 6.61 Å². The van der Waals surface area contributed by atoms with Crippen LogP contribution in [0.1, 0.15) is 18.4 Å². The Morgan fingerprint density at radius 1 is 1.19 bits per heavy atom. The summed E-state index contributed by atoms with van der Waals surface area (Å²) >= 11 is 0. The Hall–Kier alpha value is -0.863. The van der Waals surface area contributed by atoms with E-state index >= 15 is 0 Å². The minimum absolute atomic E-state index is 0.274. The Kier molecular flexibility index (Phi) is 4.96. The van der Waals surface area contributed by atoms with E-state index in [1.54, 1.807) is 0 Å². The van der Waals surface area contributed by atoms with Crippen LogP contribution in [-0.4, -0.2) is 19.8 Å². The number of hydrogen-bond donors (Lipinski definition) is 1. The van der Waals surface area contributed by atoms with Gasteiger partial charge in [0.2, 0.25) is 0 Å². The fourth-order valence-electron chi connectivity index (χ4n) is 1.74. The Balaban J connectivity index is 2.92. The predicted octanol–water partition coefficient (Wildman–Crippen LogP) is 3.72. The summed E-state index contributed by atoms with van der Waals surface area (Å²) in [5, 5.41) is 8.94. The van der Waals surface area contributed by atoms with E-state index in [1.165, 1.54) is 11.1 Å². The van der Waals surface area contributed by atoms with Crippen LogP contribution in [0.3, 0.4) is 0 Å². The molecule has 0 spiro atoms. The van der Waals surface area contributed by atoms with Gasteiger partial charge in [0.15, 0.2) is 0 Å². The molecule has 0 saturated heterocycles. The first-order valence-electron chi connectivity index (χ1n) is 5.91. The first-order valence-corrected chi connectivity index (χ1v) is 9.49. The Bertz CT molecular complexity index is 336. The summed E-state index contributed by atoms with van der Waals surface area (Å²) in [6.45, 7) is 7.30. The van der Waals surface area contributed by atoms with Gasteiger partial charge < -0.3 is 5.11 Å². The van der Waals surface area contributed by atoms with Gasteiger partial charge in [-0.3, -0.25) is 0 Å². The number of hydrogen-bond acceptors (Lipinski definition) is 1. The summed E-state index contributed by atoms with van der Waals surface area (Å²) in [5.74, 6) is 0. The molecule has 0 aliphatic carbocycles. The molecule has 0 aromatic heterocycles. The van der Waals surface area contributed by atoms with E-state index in [4.69, 9.17) is 5.11 Å². The quantitative estimate of drug-likeness (QED) is 0.770. The van der Waals surface area contributed by atoms with Crippen LogP contribution in [0.2, 0.25) is 19.6 Å². The van der Waals surface area contributed by atoms with Crippen molar-refractivity contribution in [2.75, 3.05) is 6.61 Å². The fraction of sp³-hybridized carbons (Fsp3) is 0.429. The first kappa shape index (κ1) is 13.2. The standard InChI is InChI=1S/C14H22OSi/c1-16(2,3)12-14(10-7-11-15)13-8-5-4-6-9-13/h4-6,8-9,12,15H,7,10-11H2,1-3H3/b14-12-. The molecule has 1 aromatic rings. The van der Waals surface area contributed by atoms with Crippen LogP contribution in [0.15, 0.2) is 36.0 Å². The normalized spacial score (nSPS) is 12.9. The average molecular weight is 234 g/mol. The zero-order valence-electron chi connectivity index (χ0n) is 10.5. The molecule has 0 fully saturated rings. The zero-order chi connectivity index (χ0) is 12.0. The lowest BCUT2D eigenvalue weighted by molar-refractivity contribution is 0.290. The summed E-state index contributed by atoms with van der Waals surface area (Å²) in [7, 11) is -1.20. The molecule has 1 N–H and O–H groups in total. The molecule has 88 valence electrons. The molecule has 0 radical (unpaired) electrons. The second kappa shape index (κ2) is 6.02. The summed E-state index contributed by atoms with van der Waals surface area (Å²) in [5.41, 5.74) is 5.14. The van der Waals surface area contributed by atoms with Crippen LogP contribution in [0.25, 0.3) is 5.57 Å². The lowest BCUT2D eigenvalue weighted by Gasteiger charge is -2.15. The molecule has 0 bridgehead atoms. The zero-order valence-corrected chi connectivity index (χ0v) is 11.5. The molecule has 0 amide bonds. The molecular weight excluding hydrogens is 212 g/mol. The van der Waals surface area contributed by atoms with E-state index in [2.05, 4.69) is 49.6 Å². The molecule has 16 heavy (non-hydrogen) atoms. The molecule has 0 saturated carbocycles. The topological polar surface area (TPSA) is 20.2 Å². The van der Waals surface area contributed by atoms with Gasteiger partial charge in [-0.15, -0.1) is 0 Å². The Labute approximate surface area is 99.8 Å². The van der Waals surface area contributed by atoms with Gasteiger partial charge in [0.25, 0.3) is 0 Å². The van der Waals surface area contributed by atoms with Crippen molar-refractivity contribution in [2.24, 2.45) is 0 Å². The minimum atomic E-state index is -1.20. The van der Waals surface area contributed by atoms with E-state index in [0.717, 1.165) is 12.8 Å². The number of allylic oxidation sites excluding steroid dienone is 1. The fourth-order valence-corrected chi connectivity index (χ4v) is 3.10. The molecule has 1 rings (SSSR count). The average Bonchev–Trinajstić information content (AvgIpc) is 2.24. The van der Waals surface area contributed by atoms with Crippen LogP contribution in [0, 0.1) is 0 Å². The smallest absolute Gasteiger partial charge is 0.0690 e. The molecule has 1 aromatic carbocycles. The third-order valence-corrected chi connectivity index (χ3v) is 3.57. The molecule has 2 heteroatoms. The first-order chi connectivity index (χ1) is 7.53. The molecule has 0 heterocycles. The Morgan fingerprint density at radius 3 is 2.31 bits per heavy atom. The highest BCUT2D eigenvalue weighted by Crippen LogP contribution is 2.22. The number of benzene rings is 1. The van der Waals surface area contributed by atoms with E-state index < -0.39 is 8.07 Å². The van der Waals surface area contributed by atoms with Crippen LogP contribution in [0.5, 0.6) is 0 Å². The predicted molar refractivity (Wildman–Crippen MR) is 74.1 cm³/mol. The third kappa shape index (κ3) is 4.77. The van der Waals surface area contributed by atoms with Crippen molar-refractivity contribution in [1.82, 2.24) is 0 Å². The van der Waals surface area contributed by atoms with Crippen molar-refractivity contribution >= 4 is 13.6 Å². The highest BCUT2D eigenvalue weighted by Gasteiger charge is 2.11. The largest absolute Gasteiger partial charge is 0.396 e. The summed E-state index contributed by atoms with van der Waals surface area (Å²) in [4.78, 5) is 0. The van der Waals surface area contributed by atoms with Crippen molar-refractivity contribution in [2.45, 2.75) is 32.5 Å². The van der Waals surface area contributed by atoms with E-state index in [1.807, 2.05) is 6.07 Å². The second-order valence-electron chi connectivity index (χ2n) is 5.23. The maximum Gasteiger partial charge on any atom is 0.0690 e. The SMILES string of the molecule is C[Si](C)(C)/C=C(/CCCO)c1ccccc1. The molecule has 0 atom stereocenters. The van der Waals surface area contributed by atoms with Gasteiger partial charge in [-0.1, -0.05) is 55.7 Å². The summed E-state index contributed by atoms with van der Waals surface area (Å²) < 4.78 is 0. The van der Waals surface area contributed by atoms with E-state index in [-0.39, 0.29) is 6.61 Å². The van der Waals surface area contributed by atoms with E-state index in [0.29, 0.717) is 0 Å². The van der Waals surface area contributed by atoms with Crippen LogP contribution in [-0.2, 0) is 0 Å². The van der Waals surface area contributed by atoms with Crippen molar-refractivity contribution in [1.29, 1.82) is 0 Å². The Morgan fingerprint density at radius 2 is 1.81 bits per heavy atom. The molecule has 0 aliphatic heterocycles. The van der Waals surface area contributed by atoms with Crippen molar-refractivity contribution in [3.8, 4) is 0 Å². The maximum atomic E-state index is 8.94. The number of aliphatic hydroxyl groups excluding tert-OH is 1. The lowest BCUT2D eigenvalue weighted by atomic mass is 10.0. The second-order valence-corrected chi connectivity index (χ2v) is 10.2. The van der Waals surface area contributed by atoms with Crippen LogP contribution in [0.4, 0.5) is 0 Å². The molecule has 1 nitrogen and oxygen atoms in total. The summed E-state index contributed by atoms with van der Waals surface area (Å²) in [6, 6.07) is 10.5. The number of rotatable bonds is 5. The van der Waals surface area contributed by atoms with E-state index in [9.17, 15) is 0 Å². The van der Waals surface area contributed by atoms with Gasteiger partial charge in [0.1, 0.15) is 0 Å². The molecule has 0 aliphatic rings. The highest BCUT2D eigenvalue weighted by atomic mass is 28.3. The van der Waals surface area contributed by atoms with Crippen LogP contribution >= 0.6 is 0 Å². The maximum absolute atomic E-state index is 8.94. The lowest BCUT2D eigenvalue weighted by Crippen LogP contribution is -2.16. The highest BCUT2D eigenvalue weighted by molar-refractivity contribution is 6.81. The summed E-state index contributed by atoms with van der Waals surface area (Å²) in [6.07, 6.45) is 1.83. The van der Waals surface area contributed by atoms with Gasteiger partial charge in [-0.05, 0) is 24.0 Å². The van der Waals surface area contributed by atoms with Crippen molar-refractivity contribution < 1.29 is 5.11 Å². The monoisotopic (exact) mass is 234 g/mol. The van der Waals surface area contributed by atoms with Gasteiger partial charge in [0.05, 0.1) is 8.07 Å². The van der Waals surface area contributed by atoms with Gasteiger partial charge in [-0.2, -0.15) is 0 Å². The third-order valence-electron chi connectivity index (χ3n) is 2.36. The van der Waals surface area contributed by atoms with Crippen LogP contribution < -0.4 is 0 Å². The molecular formula is C14H22OSi. The van der Waals surface area contributed by atoms with Crippen molar-refractivity contribution in [3.05, 3.63) is 41.6 Å². The molecule has 0 unspecified atom stereocenters. The number of aliphatic hydroxyl groups is 1. The van der Waals surface area contributed by atoms with Crippen molar-refractivity contribution in [3.63, 3.8) is 0 Å². The minimum Gasteiger partial charge on any atom is -0.396 e. The van der Waals surface area contributed by atoms with Gasteiger partial charge >= 0.3 is 0 Å².